The monoisotopic (exact) mass is 331 g/mol. The van der Waals surface area contributed by atoms with Gasteiger partial charge in [0.2, 0.25) is 0 Å². The van der Waals surface area contributed by atoms with Crippen molar-refractivity contribution < 1.29 is 9.90 Å². The fourth-order valence-electron chi connectivity index (χ4n) is 2.31. The van der Waals surface area contributed by atoms with E-state index in [9.17, 15) is 4.79 Å². The summed E-state index contributed by atoms with van der Waals surface area (Å²) in [5.74, 6) is 0. The number of nitrogens with zero attached hydrogens (tertiary/aromatic N) is 1. The molecule has 1 aromatic rings. The van der Waals surface area contributed by atoms with Crippen molar-refractivity contribution in [2.45, 2.75) is 25.5 Å². The maximum Gasteiger partial charge on any atom is 0.315 e. The van der Waals surface area contributed by atoms with E-state index in [1.165, 1.54) is 0 Å². The highest BCUT2D eigenvalue weighted by Gasteiger charge is 2.25. The molecule has 5 nitrogen and oxygen atoms in total. The molecular weight excluding hydrogens is 313 g/mol. The Morgan fingerprint density at radius 1 is 1.52 bits per heavy atom. The van der Waals surface area contributed by atoms with Crippen molar-refractivity contribution in [2.75, 3.05) is 24.5 Å². The van der Waals surface area contributed by atoms with E-state index >= 15 is 0 Å². The van der Waals surface area contributed by atoms with Gasteiger partial charge >= 0.3 is 6.03 Å². The third-order valence-electron chi connectivity index (χ3n) is 3.33. The van der Waals surface area contributed by atoms with Gasteiger partial charge in [0.25, 0.3) is 0 Å². The molecule has 1 saturated heterocycles. The molecule has 0 saturated carbocycles. The highest BCUT2D eigenvalue weighted by molar-refractivity contribution is 6.36. The fraction of sp³-hybridized carbons (Fsp3) is 0.500. The maximum absolute atomic E-state index is 11.7. The highest BCUT2D eigenvalue weighted by Crippen LogP contribution is 2.30. The summed E-state index contributed by atoms with van der Waals surface area (Å²) >= 11 is 12.1. The average molecular weight is 332 g/mol. The third-order valence-corrected chi connectivity index (χ3v) is 3.87. The molecule has 0 spiro atoms. The molecule has 0 aliphatic carbocycles. The van der Waals surface area contributed by atoms with Crippen LogP contribution in [0.4, 0.5) is 10.5 Å². The van der Waals surface area contributed by atoms with Gasteiger partial charge in [0.1, 0.15) is 0 Å². The van der Waals surface area contributed by atoms with E-state index in [0.717, 1.165) is 18.7 Å². The first kappa shape index (κ1) is 16.2. The molecule has 116 valence electrons. The van der Waals surface area contributed by atoms with Crippen molar-refractivity contribution in [2.24, 2.45) is 0 Å². The Kier molecular flexibility index (Phi) is 5.56. The van der Waals surface area contributed by atoms with Gasteiger partial charge < -0.3 is 20.6 Å². The number of aliphatic hydroxyl groups is 1. The lowest BCUT2D eigenvalue weighted by Crippen LogP contribution is -2.45. The first-order valence-corrected chi connectivity index (χ1v) is 7.63. The van der Waals surface area contributed by atoms with Crippen LogP contribution in [-0.4, -0.2) is 42.9 Å². The van der Waals surface area contributed by atoms with Gasteiger partial charge in [-0.15, -0.1) is 0 Å². The molecule has 1 aliphatic heterocycles. The molecule has 21 heavy (non-hydrogen) atoms. The van der Waals surface area contributed by atoms with Gasteiger partial charge in [-0.1, -0.05) is 23.2 Å². The molecule has 1 aliphatic rings. The van der Waals surface area contributed by atoms with Gasteiger partial charge in [-0.3, -0.25) is 0 Å². The number of hydrogen-bond acceptors (Lipinski definition) is 3. The standard InChI is InChI=1S/C14H19Cl2N3O2/c1-9(20)7-17-14(21)18-11-4-5-19(8-11)13-3-2-10(15)6-12(13)16/h2-3,6,9,11,20H,4-5,7-8H2,1H3,(H2,17,18,21)/t9-,11?/m1/s1. The second kappa shape index (κ2) is 7.20. The molecule has 3 N–H and O–H groups in total. The maximum atomic E-state index is 11.7. The zero-order valence-electron chi connectivity index (χ0n) is 11.8. The van der Waals surface area contributed by atoms with E-state index in [2.05, 4.69) is 15.5 Å². The highest BCUT2D eigenvalue weighted by atomic mass is 35.5. The Morgan fingerprint density at radius 2 is 2.29 bits per heavy atom. The third kappa shape index (κ3) is 4.66. The molecule has 1 fully saturated rings. The summed E-state index contributed by atoms with van der Waals surface area (Å²) in [6.45, 7) is 3.39. The number of carbonyl (C=O) groups is 1. The van der Waals surface area contributed by atoms with Gasteiger partial charge in [0.05, 0.1) is 16.8 Å². The summed E-state index contributed by atoms with van der Waals surface area (Å²) in [4.78, 5) is 13.8. The number of urea groups is 1. The SMILES string of the molecule is C[C@@H](O)CNC(=O)NC1CCN(c2ccc(Cl)cc2Cl)C1. The minimum absolute atomic E-state index is 0.0609. The van der Waals surface area contributed by atoms with Gasteiger partial charge in [0.15, 0.2) is 0 Å². The average Bonchev–Trinajstić information content (AvgIpc) is 2.84. The molecule has 1 unspecified atom stereocenters. The van der Waals surface area contributed by atoms with Crippen LogP contribution in [0.3, 0.4) is 0 Å². The van der Waals surface area contributed by atoms with Crippen molar-refractivity contribution >= 4 is 34.9 Å². The van der Waals surface area contributed by atoms with Crippen molar-refractivity contribution in [1.82, 2.24) is 10.6 Å². The van der Waals surface area contributed by atoms with E-state index in [1.807, 2.05) is 6.07 Å². The number of aliphatic hydroxyl groups excluding tert-OH is 1. The molecule has 0 bridgehead atoms. The van der Waals surface area contributed by atoms with E-state index in [1.54, 1.807) is 19.1 Å². The van der Waals surface area contributed by atoms with Crippen LogP contribution in [-0.2, 0) is 0 Å². The zero-order valence-corrected chi connectivity index (χ0v) is 13.3. The lowest BCUT2D eigenvalue weighted by atomic mass is 10.2. The summed E-state index contributed by atoms with van der Waals surface area (Å²) in [6, 6.07) is 5.21. The fourth-order valence-corrected chi connectivity index (χ4v) is 2.84. The van der Waals surface area contributed by atoms with Crippen LogP contribution in [0.5, 0.6) is 0 Å². The summed E-state index contributed by atoms with van der Waals surface area (Å²) in [6.07, 6.45) is 0.296. The van der Waals surface area contributed by atoms with Gasteiger partial charge in [-0.2, -0.15) is 0 Å². The van der Waals surface area contributed by atoms with Gasteiger partial charge in [-0.05, 0) is 31.5 Å². The number of rotatable bonds is 4. The van der Waals surface area contributed by atoms with E-state index < -0.39 is 6.10 Å². The topological polar surface area (TPSA) is 64.6 Å². The van der Waals surface area contributed by atoms with E-state index in [4.69, 9.17) is 28.3 Å². The van der Waals surface area contributed by atoms with Crippen LogP contribution in [0, 0.1) is 0 Å². The number of benzene rings is 1. The normalized spacial score (nSPS) is 19.4. The number of carbonyl (C=O) groups excluding carboxylic acids is 1. The molecule has 2 rings (SSSR count). The van der Waals surface area contributed by atoms with Crippen LogP contribution in [0.1, 0.15) is 13.3 Å². The molecular formula is C14H19Cl2N3O2. The van der Waals surface area contributed by atoms with Gasteiger partial charge in [-0.25, -0.2) is 4.79 Å². The lowest BCUT2D eigenvalue weighted by molar-refractivity contribution is 0.187. The molecule has 2 amide bonds. The van der Waals surface area contributed by atoms with Crippen LogP contribution in [0.2, 0.25) is 10.0 Å². The Balaban J connectivity index is 1.87. The van der Waals surface area contributed by atoms with Crippen LogP contribution < -0.4 is 15.5 Å². The largest absolute Gasteiger partial charge is 0.392 e. The van der Waals surface area contributed by atoms with Crippen molar-refractivity contribution in [3.05, 3.63) is 28.2 Å². The molecule has 7 heteroatoms. The van der Waals surface area contributed by atoms with Crippen molar-refractivity contribution in [3.63, 3.8) is 0 Å². The van der Waals surface area contributed by atoms with Crippen LogP contribution in [0.25, 0.3) is 0 Å². The molecule has 2 atom stereocenters. The van der Waals surface area contributed by atoms with Crippen LogP contribution in [0.15, 0.2) is 18.2 Å². The molecule has 1 aromatic carbocycles. The van der Waals surface area contributed by atoms with Gasteiger partial charge in [0, 0.05) is 30.7 Å². The first-order valence-electron chi connectivity index (χ1n) is 6.88. The molecule has 0 aromatic heterocycles. The minimum Gasteiger partial charge on any atom is -0.392 e. The minimum atomic E-state index is -0.552. The number of halogens is 2. The van der Waals surface area contributed by atoms with Crippen LogP contribution >= 0.6 is 23.2 Å². The Hall–Kier alpha value is -1.17. The summed E-state index contributed by atoms with van der Waals surface area (Å²) in [7, 11) is 0. The Bertz CT molecular complexity index is 511. The summed E-state index contributed by atoms with van der Waals surface area (Å²) in [5.41, 5.74) is 0.926. The lowest BCUT2D eigenvalue weighted by Gasteiger charge is -2.20. The second-order valence-electron chi connectivity index (χ2n) is 5.23. The van der Waals surface area contributed by atoms with Crippen molar-refractivity contribution in [3.8, 4) is 0 Å². The predicted octanol–water partition coefficient (Wildman–Crippen LogP) is 2.25. The number of amides is 2. The first-order chi connectivity index (χ1) is 9.95. The summed E-state index contributed by atoms with van der Waals surface area (Å²) < 4.78 is 0. The molecule has 0 radical (unpaired) electrons. The quantitative estimate of drug-likeness (QED) is 0.792. The van der Waals surface area contributed by atoms with E-state index in [-0.39, 0.29) is 18.6 Å². The number of anilines is 1. The smallest absolute Gasteiger partial charge is 0.315 e. The predicted molar refractivity (Wildman–Crippen MR) is 85.3 cm³/mol. The summed E-state index contributed by atoms with van der Waals surface area (Å²) in [5, 5.41) is 15.9. The Labute approximate surface area is 134 Å². The Morgan fingerprint density at radius 3 is 2.95 bits per heavy atom. The van der Waals surface area contributed by atoms with Crippen molar-refractivity contribution in [1.29, 1.82) is 0 Å². The van der Waals surface area contributed by atoms with E-state index in [0.29, 0.717) is 16.6 Å². The second-order valence-corrected chi connectivity index (χ2v) is 6.07. The number of nitrogens with one attached hydrogen (secondary N) is 2. The number of hydrogen-bond donors (Lipinski definition) is 3. The molecule has 1 heterocycles. The zero-order chi connectivity index (χ0) is 15.4.